The fourth-order valence-electron chi connectivity index (χ4n) is 2.83. The third-order valence-corrected chi connectivity index (χ3v) is 5.88. The number of rotatable bonds is 10. The number of amides is 1. The van der Waals surface area contributed by atoms with Crippen LogP contribution < -0.4 is 14.8 Å². The maximum absolute atomic E-state index is 12.6. The first-order valence-electron chi connectivity index (χ1n) is 9.77. The Morgan fingerprint density at radius 1 is 0.968 bits per heavy atom. The second-order valence-electron chi connectivity index (χ2n) is 6.73. The van der Waals surface area contributed by atoms with E-state index in [1.54, 1.807) is 36.4 Å². The van der Waals surface area contributed by atoms with Gasteiger partial charge in [-0.2, -0.15) is 0 Å². The summed E-state index contributed by atoms with van der Waals surface area (Å²) in [7, 11) is -3.60. The summed E-state index contributed by atoms with van der Waals surface area (Å²) >= 11 is 0. The van der Waals surface area contributed by atoms with Gasteiger partial charge in [0.1, 0.15) is 5.75 Å². The number of carbonyl (C=O) groups excluding carboxylic acids is 1. The van der Waals surface area contributed by atoms with Crippen molar-refractivity contribution < 1.29 is 17.9 Å². The predicted molar refractivity (Wildman–Crippen MR) is 122 cm³/mol. The van der Waals surface area contributed by atoms with E-state index in [0.29, 0.717) is 23.6 Å². The Bertz CT molecular complexity index is 1130. The van der Waals surface area contributed by atoms with Crippen LogP contribution in [-0.2, 0) is 16.4 Å². The third-order valence-electron chi connectivity index (χ3n) is 4.44. The Kier molecular flexibility index (Phi) is 7.59. The fraction of sp³-hybridized carbons (Fsp3) is 0.125. The van der Waals surface area contributed by atoms with Crippen LogP contribution in [-0.4, -0.2) is 27.5 Å². The Balaban J connectivity index is 1.59. The van der Waals surface area contributed by atoms with E-state index in [2.05, 4.69) is 16.6 Å². The molecule has 0 aliphatic rings. The molecule has 0 fully saturated rings. The van der Waals surface area contributed by atoms with Gasteiger partial charge in [0.05, 0.1) is 11.5 Å². The smallest absolute Gasteiger partial charge is 0.255 e. The van der Waals surface area contributed by atoms with Crippen molar-refractivity contribution in [3.8, 4) is 5.75 Å². The first kappa shape index (κ1) is 22.3. The van der Waals surface area contributed by atoms with E-state index in [1.165, 1.54) is 23.8 Å². The molecule has 3 aromatic rings. The van der Waals surface area contributed by atoms with Crippen LogP contribution in [0.5, 0.6) is 5.75 Å². The van der Waals surface area contributed by atoms with Gasteiger partial charge >= 0.3 is 0 Å². The van der Waals surface area contributed by atoms with Crippen molar-refractivity contribution >= 4 is 21.6 Å². The molecule has 6 nitrogen and oxygen atoms in total. The Morgan fingerprint density at radius 2 is 1.71 bits per heavy atom. The molecule has 0 unspecified atom stereocenters. The summed E-state index contributed by atoms with van der Waals surface area (Å²) in [6.07, 6.45) is 2.24. The molecule has 2 N–H and O–H groups in total. The SMILES string of the molecule is C=CCNS(=O)(=O)c1ccc(NC(=O)c2cccc(OCCc3ccccc3)c2)cc1. The lowest BCUT2D eigenvalue weighted by Crippen LogP contribution is -2.23. The van der Waals surface area contributed by atoms with Crippen molar-refractivity contribution in [3.05, 3.63) is 103 Å². The highest BCUT2D eigenvalue weighted by Crippen LogP contribution is 2.18. The van der Waals surface area contributed by atoms with Crippen LogP contribution in [0.1, 0.15) is 15.9 Å². The van der Waals surface area contributed by atoms with E-state index in [1.807, 2.05) is 30.3 Å². The molecule has 7 heteroatoms. The molecule has 0 aliphatic heterocycles. The molecule has 0 spiro atoms. The Morgan fingerprint density at radius 3 is 2.42 bits per heavy atom. The normalized spacial score (nSPS) is 11.0. The number of anilines is 1. The molecule has 0 radical (unpaired) electrons. The number of ether oxygens (including phenoxy) is 1. The van der Waals surface area contributed by atoms with Gasteiger partial charge in [0.2, 0.25) is 10.0 Å². The van der Waals surface area contributed by atoms with Gasteiger partial charge in [-0.3, -0.25) is 4.79 Å². The van der Waals surface area contributed by atoms with E-state index in [9.17, 15) is 13.2 Å². The Hall–Kier alpha value is -3.42. The minimum Gasteiger partial charge on any atom is -0.493 e. The van der Waals surface area contributed by atoms with Gasteiger partial charge in [0.15, 0.2) is 0 Å². The molecule has 0 aromatic heterocycles. The third kappa shape index (κ3) is 6.53. The monoisotopic (exact) mass is 436 g/mol. The molecule has 3 rings (SSSR count). The average molecular weight is 437 g/mol. The molecule has 3 aromatic carbocycles. The first-order valence-corrected chi connectivity index (χ1v) is 11.2. The lowest BCUT2D eigenvalue weighted by atomic mass is 10.1. The molecule has 0 saturated heterocycles. The van der Waals surface area contributed by atoms with Gasteiger partial charge in [-0.1, -0.05) is 42.5 Å². The lowest BCUT2D eigenvalue weighted by molar-refractivity contribution is 0.102. The summed E-state index contributed by atoms with van der Waals surface area (Å²) in [6, 6.07) is 22.9. The van der Waals surface area contributed by atoms with Crippen LogP contribution in [0.25, 0.3) is 0 Å². The second kappa shape index (κ2) is 10.6. The van der Waals surface area contributed by atoms with Gasteiger partial charge in [-0.25, -0.2) is 13.1 Å². The molecular weight excluding hydrogens is 412 g/mol. The summed E-state index contributed by atoms with van der Waals surface area (Å²) in [6.45, 7) is 4.13. The van der Waals surface area contributed by atoms with Crippen LogP contribution in [0, 0.1) is 0 Å². The topological polar surface area (TPSA) is 84.5 Å². The largest absolute Gasteiger partial charge is 0.493 e. The minimum atomic E-state index is -3.60. The minimum absolute atomic E-state index is 0.112. The zero-order chi connectivity index (χ0) is 22.1. The summed E-state index contributed by atoms with van der Waals surface area (Å²) < 4.78 is 32.4. The molecule has 0 heterocycles. The second-order valence-corrected chi connectivity index (χ2v) is 8.50. The first-order chi connectivity index (χ1) is 15.0. The number of carbonyl (C=O) groups is 1. The van der Waals surface area contributed by atoms with Crippen molar-refractivity contribution in [2.24, 2.45) is 0 Å². The van der Waals surface area contributed by atoms with E-state index in [0.717, 1.165) is 6.42 Å². The highest BCUT2D eigenvalue weighted by molar-refractivity contribution is 7.89. The van der Waals surface area contributed by atoms with Gasteiger partial charge < -0.3 is 10.1 Å². The molecule has 1 amide bonds. The molecule has 31 heavy (non-hydrogen) atoms. The number of sulfonamides is 1. The van der Waals surface area contributed by atoms with Crippen molar-refractivity contribution in [1.82, 2.24) is 4.72 Å². The summed E-state index contributed by atoms with van der Waals surface area (Å²) in [5.41, 5.74) is 2.12. The van der Waals surface area contributed by atoms with E-state index in [-0.39, 0.29) is 17.3 Å². The number of hydrogen-bond donors (Lipinski definition) is 2. The van der Waals surface area contributed by atoms with Crippen molar-refractivity contribution in [2.45, 2.75) is 11.3 Å². The van der Waals surface area contributed by atoms with Gasteiger partial charge in [0, 0.05) is 24.2 Å². The molecular formula is C24H24N2O4S. The number of benzene rings is 3. The van der Waals surface area contributed by atoms with Crippen LogP contribution in [0.3, 0.4) is 0 Å². The highest BCUT2D eigenvalue weighted by atomic mass is 32.2. The van der Waals surface area contributed by atoms with Crippen molar-refractivity contribution in [3.63, 3.8) is 0 Å². The summed E-state index contributed by atoms with van der Waals surface area (Å²) in [5, 5.41) is 2.76. The Labute approximate surface area is 182 Å². The number of nitrogens with one attached hydrogen (secondary N) is 2. The molecule has 160 valence electrons. The average Bonchev–Trinajstić information content (AvgIpc) is 2.79. The van der Waals surface area contributed by atoms with Crippen LogP contribution in [0.15, 0.2) is 96.4 Å². The summed E-state index contributed by atoms with van der Waals surface area (Å²) in [5.74, 6) is 0.298. The predicted octanol–water partition coefficient (Wildman–Crippen LogP) is 4.02. The van der Waals surface area contributed by atoms with E-state index in [4.69, 9.17) is 4.74 Å². The molecule has 0 bridgehead atoms. The van der Waals surface area contributed by atoms with Gasteiger partial charge in [-0.15, -0.1) is 6.58 Å². The maximum Gasteiger partial charge on any atom is 0.255 e. The van der Waals surface area contributed by atoms with E-state index < -0.39 is 10.0 Å². The quantitative estimate of drug-likeness (QED) is 0.470. The van der Waals surface area contributed by atoms with Gasteiger partial charge in [0.25, 0.3) is 5.91 Å². The van der Waals surface area contributed by atoms with E-state index >= 15 is 0 Å². The lowest BCUT2D eigenvalue weighted by Gasteiger charge is -2.10. The van der Waals surface area contributed by atoms with Gasteiger partial charge in [-0.05, 0) is 48.0 Å². The fourth-order valence-corrected chi connectivity index (χ4v) is 3.83. The van der Waals surface area contributed by atoms with Crippen molar-refractivity contribution in [2.75, 3.05) is 18.5 Å². The zero-order valence-corrected chi connectivity index (χ0v) is 17.8. The highest BCUT2D eigenvalue weighted by Gasteiger charge is 2.13. The summed E-state index contributed by atoms with van der Waals surface area (Å²) in [4.78, 5) is 12.7. The van der Waals surface area contributed by atoms with Crippen LogP contribution in [0.2, 0.25) is 0 Å². The van der Waals surface area contributed by atoms with Crippen LogP contribution in [0.4, 0.5) is 5.69 Å². The molecule has 0 aliphatic carbocycles. The molecule has 0 atom stereocenters. The standard InChI is InChI=1S/C24H24N2O4S/c1-2-16-25-31(28,29)23-13-11-21(12-14-23)26-24(27)20-9-6-10-22(18-20)30-17-15-19-7-4-3-5-8-19/h2-14,18,25H,1,15-17H2,(H,26,27). The number of hydrogen-bond acceptors (Lipinski definition) is 4. The zero-order valence-electron chi connectivity index (χ0n) is 17.0. The van der Waals surface area contributed by atoms with Crippen LogP contribution >= 0.6 is 0 Å². The maximum atomic E-state index is 12.6. The molecule has 0 saturated carbocycles. The van der Waals surface area contributed by atoms with Crippen molar-refractivity contribution in [1.29, 1.82) is 0 Å².